The molecule has 29 heavy (non-hydrogen) atoms. The van der Waals surface area contributed by atoms with Gasteiger partial charge in [-0.15, -0.1) is 0 Å². The van der Waals surface area contributed by atoms with Gasteiger partial charge in [0.05, 0.1) is 12.8 Å². The first-order chi connectivity index (χ1) is 14.1. The lowest BCUT2D eigenvalue weighted by molar-refractivity contribution is -0.142. The molecule has 0 saturated carbocycles. The van der Waals surface area contributed by atoms with Crippen LogP contribution in [0.2, 0.25) is 0 Å². The van der Waals surface area contributed by atoms with Gasteiger partial charge in [0.2, 0.25) is 0 Å². The van der Waals surface area contributed by atoms with Crippen LogP contribution < -0.4 is 4.74 Å². The normalized spacial score (nSPS) is 10.8. The fourth-order valence-corrected chi connectivity index (χ4v) is 3.50. The first-order valence-electron chi connectivity index (χ1n) is 11.6. The fraction of sp³-hybridized carbons (Fsp3) is 0.680. The molecule has 0 heterocycles. The van der Waals surface area contributed by atoms with Crippen LogP contribution in [0, 0.1) is 0 Å². The van der Waals surface area contributed by atoms with E-state index in [0.717, 1.165) is 18.4 Å². The number of benzene rings is 1. The Bertz CT molecular complexity index is 568. The van der Waals surface area contributed by atoms with Crippen molar-refractivity contribution in [2.45, 2.75) is 110 Å². The predicted molar refractivity (Wildman–Crippen MR) is 118 cm³/mol. The highest BCUT2D eigenvalue weighted by Crippen LogP contribution is 2.17. The molecule has 164 valence electrons. The summed E-state index contributed by atoms with van der Waals surface area (Å²) in [5.41, 5.74) is 1.16. The molecule has 0 bridgehead atoms. The lowest BCUT2D eigenvalue weighted by Gasteiger charge is -2.07. The Morgan fingerprint density at radius 1 is 0.793 bits per heavy atom. The molecule has 0 saturated heterocycles. The molecular formula is C25H40O4. The molecule has 0 atom stereocenters. The van der Waals surface area contributed by atoms with E-state index in [4.69, 9.17) is 9.84 Å². The van der Waals surface area contributed by atoms with Gasteiger partial charge in [-0.25, -0.2) is 0 Å². The number of aliphatic carboxylic acids is 1. The smallest absolute Gasteiger partial charge is 0.311 e. The molecule has 0 aromatic heterocycles. The monoisotopic (exact) mass is 404 g/mol. The van der Waals surface area contributed by atoms with E-state index in [-0.39, 0.29) is 12.8 Å². The first-order valence-corrected chi connectivity index (χ1v) is 11.6. The standard InChI is InChI=1S/C25H40O4/c1-2-3-4-5-6-7-8-9-10-11-12-13-14-16-22-17-15-18-23(21-22)29-25(28)20-19-24(26)27/h15,17-18,21H,2-14,16,19-20H2,1H3,(H,26,27). The van der Waals surface area contributed by atoms with Crippen molar-refractivity contribution in [2.24, 2.45) is 0 Å². The van der Waals surface area contributed by atoms with Gasteiger partial charge in [-0.1, -0.05) is 96.1 Å². The Morgan fingerprint density at radius 2 is 1.34 bits per heavy atom. The van der Waals surface area contributed by atoms with Gasteiger partial charge in [-0.05, 0) is 30.5 Å². The fourth-order valence-electron chi connectivity index (χ4n) is 3.50. The summed E-state index contributed by atoms with van der Waals surface area (Å²) in [5.74, 6) is -0.976. The number of aryl methyl sites for hydroxylation is 1. The van der Waals surface area contributed by atoms with Crippen LogP contribution in [0.3, 0.4) is 0 Å². The molecule has 1 aromatic rings. The quantitative estimate of drug-likeness (QED) is 0.161. The van der Waals surface area contributed by atoms with E-state index in [2.05, 4.69) is 13.0 Å². The molecular weight excluding hydrogens is 364 g/mol. The lowest BCUT2D eigenvalue weighted by Crippen LogP contribution is -2.10. The Morgan fingerprint density at radius 3 is 1.90 bits per heavy atom. The van der Waals surface area contributed by atoms with Crippen LogP contribution in [0.5, 0.6) is 5.75 Å². The van der Waals surface area contributed by atoms with Crippen LogP contribution in [0.4, 0.5) is 0 Å². The number of carboxylic acids is 1. The number of hydrogen-bond donors (Lipinski definition) is 1. The Hall–Kier alpha value is -1.84. The summed E-state index contributed by atoms with van der Waals surface area (Å²) in [7, 11) is 0. The maximum absolute atomic E-state index is 11.6. The van der Waals surface area contributed by atoms with E-state index >= 15 is 0 Å². The van der Waals surface area contributed by atoms with E-state index in [1.807, 2.05) is 12.1 Å². The average Bonchev–Trinajstić information content (AvgIpc) is 2.70. The zero-order valence-corrected chi connectivity index (χ0v) is 18.3. The Balaban J connectivity index is 2.03. The maximum atomic E-state index is 11.6. The van der Waals surface area contributed by atoms with Crippen molar-refractivity contribution in [3.63, 3.8) is 0 Å². The predicted octanol–water partition coefficient (Wildman–Crippen LogP) is 7.09. The largest absolute Gasteiger partial charge is 0.481 e. The molecule has 4 heteroatoms. The average molecular weight is 405 g/mol. The molecule has 0 amide bonds. The summed E-state index contributed by atoms with van der Waals surface area (Å²) < 4.78 is 5.22. The number of hydrogen-bond acceptors (Lipinski definition) is 3. The summed E-state index contributed by atoms with van der Waals surface area (Å²) in [5, 5.41) is 8.61. The topological polar surface area (TPSA) is 63.6 Å². The van der Waals surface area contributed by atoms with Gasteiger partial charge in [-0.3, -0.25) is 9.59 Å². The molecule has 0 unspecified atom stereocenters. The van der Waals surface area contributed by atoms with Gasteiger partial charge >= 0.3 is 11.9 Å². The van der Waals surface area contributed by atoms with Crippen molar-refractivity contribution >= 4 is 11.9 Å². The van der Waals surface area contributed by atoms with Gasteiger partial charge in [-0.2, -0.15) is 0 Å². The minimum absolute atomic E-state index is 0.0988. The SMILES string of the molecule is CCCCCCCCCCCCCCCc1cccc(OC(=O)CCC(=O)O)c1. The van der Waals surface area contributed by atoms with Crippen LogP contribution in [-0.2, 0) is 16.0 Å². The molecule has 1 rings (SSSR count). The molecule has 0 radical (unpaired) electrons. The second kappa shape index (κ2) is 17.1. The van der Waals surface area contributed by atoms with E-state index < -0.39 is 11.9 Å². The van der Waals surface area contributed by atoms with Crippen molar-refractivity contribution in [1.82, 2.24) is 0 Å². The number of carbonyl (C=O) groups is 2. The molecule has 0 aliphatic carbocycles. The molecule has 0 fully saturated rings. The maximum Gasteiger partial charge on any atom is 0.311 e. The third-order valence-corrected chi connectivity index (χ3v) is 5.24. The molecule has 0 spiro atoms. The van der Waals surface area contributed by atoms with Crippen molar-refractivity contribution < 1.29 is 19.4 Å². The third kappa shape index (κ3) is 14.8. The van der Waals surface area contributed by atoms with Gasteiger partial charge in [0.1, 0.15) is 5.75 Å². The Labute approximate surface area is 177 Å². The van der Waals surface area contributed by atoms with Crippen molar-refractivity contribution in [3.05, 3.63) is 29.8 Å². The van der Waals surface area contributed by atoms with E-state index in [0.29, 0.717) is 5.75 Å². The highest BCUT2D eigenvalue weighted by Gasteiger charge is 2.08. The van der Waals surface area contributed by atoms with Gasteiger partial charge < -0.3 is 9.84 Å². The van der Waals surface area contributed by atoms with Gasteiger partial charge in [0.25, 0.3) is 0 Å². The van der Waals surface area contributed by atoms with Crippen molar-refractivity contribution in [3.8, 4) is 5.75 Å². The minimum atomic E-state index is -0.988. The van der Waals surface area contributed by atoms with Crippen LogP contribution in [0.15, 0.2) is 24.3 Å². The highest BCUT2D eigenvalue weighted by molar-refractivity contribution is 5.78. The van der Waals surface area contributed by atoms with Crippen LogP contribution in [-0.4, -0.2) is 17.0 Å². The molecule has 4 nitrogen and oxygen atoms in total. The lowest BCUT2D eigenvalue weighted by atomic mass is 10.0. The van der Waals surface area contributed by atoms with E-state index in [9.17, 15) is 9.59 Å². The summed E-state index contributed by atoms with van der Waals surface area (Å²) >= 11 is 0. The van der Waals surface area contributed by atoms with E-state index in [1.54, 1.807) is 6.07 Å². The van der Waals surface area contributed by atoms with Crippen molar-refractivity contribution in [1.29, 1.82) is 0 Å². The zero-order chi connectivity index (χ0) is 21.2. The zero-order valence-electron chi connectivity index (χ0n) is 18.3. The summed E-state index contributed by atoms with van der Waals surface area (Å²) in [4.78, 5) is 22.1. The highest BCUT2D eigenvalue weighted by atomic mass is 16.5. The number of carbonyl (C=O) groups excluding carboxylic acids is 1. The molecule has 1 aromatic carbocycles. The molecule has 0 aliphatic rings. The second-order valence-corrected chi connectivity index (χ2v) is 8.01. The third-order valence-electron chi connectivity index (χ3n) is 5.24. The van der Waals surface area contributed by atoms with Crippen molar-refractivity contribution in [2.75, 3.05) is 0 Å². The molecule has 0 aliphatic heterocycles. The summed E-state index contributed by atoms with van der Waals surface area (Å²) in [6.07, 6.45) is 18.2. The minimum Gasteiger partial charge on any atom is -0.481 e. The summed E-state index contributed by atoms with van der Waals surface area (Å²) in [6, 6.07) is 7.57. The number of ether oxygens (including phenoxy) is 1. The van der Waals surface area contributed by atoms with Crippen LogP contribution >= 0.6 is 0 Å². The second-order valence-electron chi connectivity index (χ2n) is 8.01. The number of unbranched alkanes of at least 4 members (excludes halogenated alkanes) is 12. The number of carboxylic acid groups (broad SMARTS) is 1. The van der Waals surface area contributed by atoms with Gasteiger partial charge in [0.15, 0.2) is 0 Å². The number of rotatable bonds is 18. The first kappa shape index (κ1) is 25.2. The van der Waals surface area contributed by atoms with Crippen LogP contribution in [0.1, 0.15) is 109 Å². The van der Waals surface area contributed by atoms with Crippen LogP contribution in [0.25, 0.3) is 0 Å². The number of esters is 1. The Kier molecular flexibility index (Phi) is 14.8. The van der Waals surface area contributed by atoms with E-state index in [1.165, 1.54) is 77.0 Å². The molecule has 1 N–H and O–H groups in total. The summed E-state index contributed by atoms with van der Waals surface area (Å²) in [6.45, 7) is 2.27. The van der Waals surface area contributed by atoms with Gasteiger partial charge in [0, 0.05) is 0 Å².